The van der Waals surface area contributed by atoms with Gasteiger partial charge in [0.2, 0.25) is 0 Å². The normalized spacial score (nSPS) is 17.7. The van der Waals surface area contributed by atoms with Crippen molar-refractivity contribution in [2.75, 3.05) is 18.4 Å². The molecule has 0 spiro atoms. The maximum absolute atomic E-state index is 13.4. The first-order valence-corrected chi connectivity index (χ1v) is 8.60. The van der Waals surface area contributed by atoms with E-state index in [1.54, 1.807) is 6.07 Å². The van der Waals surface area contributed by atoms with Crippen molar-refractivity contribution in [2.24, 2.45) is 0 Å². The van der Waals surface area contributed by atoms with Crippen LogP contribution in [0.2, 0.25) is 0 Å². The summed E-state index contributed by atoms with van der Waals surface area (Å²) in [7, 11) is 0. The zero-order valence-electron chi connectivity index (χ0n) is 14.6. The Kier molecular flexibility index (Phi) is 5.59. The van der Waals surface area contributed by atoms with Crippen molar-refractivity contribution in [3.8, 4) is 0 Å². The molecule has 1 aromatic heterocycles. The van der Waals surface area contributed by atoms with E-state index in [-0.39, 0.29) is 12.1 Å². The number of nitrogens with zero attached hydrogens (tertiary/aromatic N) is 3. The fourth-order valence-corrected chi connectivity index (χ4v) is 3.18. The van der Waals surface area contributed by atoms with Crippen LogP contribution in [0.25, 0.3) is 0 Å². The van der Waals surface area contributed by atoms with Crippen LogP contribution < -0.4 is 5.32 Å². The molecule has 1 N–H and O–H groups in total. The van der Waals surface area contributed by atoms with Gasteiger partial charge in [-0.1, -0.05) is 6.07 Å². The van der Waals surface area contributed by atoms with Gasteiger partial charge in [0, 0.05) is 25.2 Å². The lowest BCUT2D eigenvalue weighted by atomic mass is 10.00. The summed E-state index contributed by atoms with van der Waals surface area (Å²) in [5.74, 6) is -1.43. The van der Waals surface area contributed by atoms with Gasteiger partial charge >= 0.3 is 6.18 Å². The Labute approximate surface area is 153 Å². The van der Waals surface area contributed by atoms with Gasteiger partial charge in [-0.3, -0.25) is 4.90 Å². The molecule has 1 aliphatic rings. The highest BCUT2D eigenvalue weighted by Gasteiger charge is 2.33. The molecule has 1 fully saturated rings. The third-order valence-electron chi connectivity index (χ3n) is 4.81. The van der Waals surface area contributed by atoms with Gasteiger partial charge in [-0.05, 0) is 49.6 Å². The lowest BCUT2D eigenvalue weighted by molar-refractivity contribution is -0.141. The summed E-state index contributed by atoms with van der Waals surface area (Å²) in [6, 6.07) is 6.07. The number of hydrogen-bond donors (Lipinski definition) is 1. The van der Waals surface area contributed by atoms with E-state index in [0.717, 1.165) is 25.0 Å². The minimum Gasteiger partial charge on any atom is -0.366 e. The van der Waals surface area contributed by atoms with Crippen molar-refractivity contribution in [1.29, 1.82) is 0 Å². The average molecular weight is 386 g/mol. The van der Waals surface area contributed by atoms with Crippen LogP contribution in [0.3, 0.4) is 0 Å². The lowest BCUT2D eigenvalue weighted by Gasteiger charge is -2.36. The Bertz CT molecular complexity index is 770. The SMILES string of the molecule is C[C@H](c1ccc(F)c(F)c1)N1CCC(Nc2ccc(C(F)(F)F)nn2)CC1. The minimum atomic E-state index is -4.51. The molecule has 27 heavy (non-hydrogen) atoms. The molecular formula is C18H19F5N4. The highest BCUT2D eigenvalue weighted by molar-refractivity contribution is 5.34. The topological polar surface area (TPSA) is 41.0 Å². The van der Waals surface area contributed by atoms with E-state index in [4.69, 9.17) is 0 Å². The van der Waals surface area contributed by atoms with Gasteiger partial charge in [-0.2, -0.15) is 13.2 Å². The molecule has 0 radical (unpaired) electrons. The number of aromatic nitrogens is 2. The van der Waals surface area contributed by atoms with Crippen LogP contribution in [-0.4, -0.2) is 34.2 Å². The van der Waals surface area contributed by atoms with Gasteiger partial charge in [-0.25, -0.2) is 8.78 Å². The fourth-order valence-electron chi connectivity index (χ4n) is 3.18. The third kappa shape index (κ3) is 4.71. The molecule has 1 saturated heterocycles. The highest BCUT2D eigenvalue weighted by atomic mass is 19.4. The van der Waals surface area contributed by atoms with Gasteiger partial charge in [0.25, 0.3) is 0 Å². The number of nitrogens with one attached hydrogen (secondary N) is 1. The monoisotopic (exact) mass is 386 g/mol. The van der Waals surface area contributed by atoms with Gasteiger partial charge in [0.05, 0.1) is 0 Å². The number of anilines is 1. The quantitative estimate of drug-likeness (QED) is 0.791. The number of rotatable bonds is 4. The van der Waals surface area contributed by atoms with Crippen molar-refractivity contribution >= 4 is 5.82 Å². The zero-order chi connectivity index (χ0) is 19.6. The predicted octanol–water partition coefficient (Wildman–Crippen LogP) is 4.41. The summed E-state index contributed by atoms with van der Waals surface area (Å²) in [5, 5.41) is 9.88. The largest absolute Gasteiger partial charge is 0.435 e. The van der Waals surface area contributed by atoms with Crippen LogP contribution in [-0.2, 0) is 6.18 Å². The number of piperidine rings is 1. The molecule has 0 saturated carbocycles. The van der Waals surface area contributed by atoms with Gasteiger partial charge in [0.15, 0.2) is 17.3 Å². The van der Waals surface area contributed by atoms with Crippen molar-refractivity contribution in [3.05, 3.63) is 53.2 Å². The van der Waals surface area contributed by atoms with E-state index in [1.165, 1.54) is 12.1 Å². The number of halogens is 5. The third-order valence-corrected chi connectivity index (χ3v) is 4.81. The number of alkyl halides is 3. The maximum atomic E-state index is 13.4. The Balaban J connectivity index is 1.54. The molecule has 0 unspecified atom stereocenters. The number of likely N-dealkylation sites (tertiary alicyclic amines) is 1. The minimum absolute atomic E-state index is 0.0597. The van der Waals surface area contributed by atoms with Crippen LogP contribution in [0.5, 0.6) is 0 Å². The van der Waals surface area contributed by atoms with E-state index < -0.39 is 23.5 Å². The summed E-state index contributed by atoms with van der Waals surface area (Å²) in [4.78, 5) is 2.16. The van der Waals surface area contributed by atoms with Crippen LogP contribution in [0, 0.1) is 11.6 Å². The smallest absolute Gasteiger partial charge is 0.366 e. The number of hydrogen-bond acceptors (Lipinski definition) is 4. The van der Waals surface area contributed by atoms with E-state index in [2.05, 4.69) is 20.4 Å². The molecular weight excluding hydrogens is 367 g/mol. The van der Waals surface area contributed by atoms with E-state index in [1.807, 2.05) is 6.92 Å². The first-order valence-electron chi connectivity index (χ1n) is 8.60. The molecule has 1 atom stereocenters. The Morgan fingerprint density at radius 3 is 2.30 bits per heavy atom. The van der Waals surface area contributed by atoms with Crippen LogP contribution in [0.4, 0.5) is 27.8 Å². The Morgan fingerprint density at radius 2 is 1.74 bits per heavy atom. The van der Waals surface area contributed by atoms with Crippen LogP contribution >= 0.6 is 0 Å². The average Bonchev–Trinajstić information content (AvgIpc) is 2.64. The van der Waals surface area contributed by atoms with Crippen LogP contribution in [0.1, 0.15) is 37.1 Å². The second-order valence-corrected chi connectivity index (χ2v) is 6.61. The van der Waals surface area contributed by atoms with E-state index in [0.29, 0.717) is 24.5 Å². The van der Waals surface area contributed by atoms with Gasteiger partial charge < -0.3 is 5.32 Å². The van der Waals surface area contributed by atoms with E-state index in [9.17, 15) is 22.0 Å². The van der Waals surface area contributed by atoms with Crippen molar-refractivity contribution in [2.45, 2.75) is 38.0 Å². The van der Waals surface area contributed by atoms with E-state index >= 15 is 0 Å². The van der Waals surface area contributed by atoms with Crippen LogP contribution in [0.15, 0.2) is 30.3 Å². The van der Waals surface area contributed by atoms with Crippen molar-refractivity contribution in [1.82, 2.24) is 15.1 Å². The van der Waals surface area contributed by atoms with Gasteiger partial charge in [0.1, 0.15) is 5.82 Å². The second kappa shape index (κ2) is 7.75. The Hall–Kier alpha value is -2.29. The Morgan fingerprint density at radius 1 is 1.04 bits per heavy atom. The molecule has 0 bridgehead atoms. The first kappa shape index (κ1) is 19.5. The molecule has 9 heteroatoms. The standard InChI is InChI=1S/C18H19F5N4/c1-11(12-2-3-14(19)15(20)10-12)27-8-6-13(7-9-27)24-17-5-4-16(25-26-17)18(21,22)23/h2-5,10-11,13H,6-9H2,1H3,(H,24,26)/t11-/m1/s1. The molecule has 1 aromatic carbocycles. The summed E-state index contributed by atoms with van der Waals surface area (Å²) < 4.78 is 64.0. The highest BCUT2D eigenvalue weighted by Crippen LogP contribution is 2.28. The maximum Gasteiger partial charge on any atom is 0.435 e. The summed E-state index contributed by atoms with van der Waals surface area (Å²) in [6.07, 6.45) is -3.01. The summed E-state index contributed by atoms with van der Waals surface area (Å²) >= 11 is 0. The molecule has 0 amide bonds. The first-order chi connectivity index (χ1) is 12.7. The summed E-state index contributed by atoms with van der Waals surface area (Å²) in [6.45, 7) is 3.36. The van der Waals surface area contributed by atoms with Crippen molar-refractivity contribution < 1.29 is 22.0 Å². The predicted molar refractivity (Wildman–Crippen MR) is 90.0 cm³/mol. The molecule has 146 valence electrons. The molecule has 0 aliphatic carbocycles. The molecule has 2 heterocycles. The molecule has 1 aliphatic heterocycles. The zero-order valence-corrected chi connectivity index (χ0v) is 14.6. The van der Waals surface area contributed by atoms with Gasteiger partial charge in [-0.15, -0.1) is 10.2 Å². The number of benzene rings is 1. The lowest BCUT2D eigenvalue weighted by Crippen LogP contribution is -2.40. The summed E-state index contributed by atoms with van der Waals surface area (Å²) in [5.41, 5.74) is -0.322. The fraction of sp³-hybridized carbons (Fsp3) is 0.444. The second-order valence-electron chi connectivity index (χ2n) is 6.61. The molecule has 2 aromatic rings. The van der Waals surface area contributed by atoms with Crippen molar-refractivity contribution in [3.63, 3.8) is 0 Å². The molecule has 4 nitrogen and oxygen atoms in total. The molecule has 3 rings (SSSR count).